The monoisotopic (exact) mass is 212 g/mol. The third-order valence-electron chi connectivity index (χ3n) is 2.56. The Morgan fingerprint density at radius 1 is 1.38 bits per heavy atom. The van der Waals surface area contributed by atoms with E-state index in [1.54, 1.807) is 17.5 Å². The molecular formula is C9H9ClN2S. The minimum absolute atomic E-state index is 0.759. The average molecular weight is 213 g/mol. The van der Waals surface area contributed by atoms with E-state index in [1.807, 2.05) is 0 Å². The standard InChI is InChI=1S/C9H9ClN2S/c10-8-5-11-9-12(8)6-3-1-2-4-7(6)13-9/h5H,1-4H2. The Bertz CT molecular complexity index is 457. The molecule has 0 fully saturated rings. The molecule has 0 radical (unpaired) electrons. The van der Waals surface area contributed by atoms with E-state index in [0.717, 1.165) is 16.5 Å². The van der Waals surface area contributed by atoms with Crippen LogP contribution in [0.1, 0.15) is 23.4 Å². The van der Waals surface area contributed by atoms with Crippen LogP contribution in [0.2, 0.25) is 5.15 Å². The number of fused-ring (bicyclic) bond motifs is 3. The molecule has 0 saturated heterocycles. The summed E-state index contributed by atoms with van der Waals surface area (Å²) in [6.07, 6.45) is 6.70. The molecule has 3 rings (SSSR count). The summed E-state index contributed by atoms with van der Waals surface area (Å²) >= 11 is 7.85. The van der Waals surface area contributed by atoms with E-state index in [-0.39, 0.29) is 0 Å². The third kappa shape index (κ3) is 1.04. The minimum Gasteiger partial charge on any atom is -0.278 e. The molecule has 0 spiro atoms. The van der Waals surface area contributed by atoms with Crippen LogP contribution in [0.3, 0.4) is 0 Å². The number of hydrogen-bond acceptors (Lipinski definition) is 2. The fraction of sp³-hybridized carbons (Fsp3) is 0.444. The van der Waals surface area contributed by atoms with E-state index in [2.05, 4.69) is 9.38 Å². The van der Waals surface area contributed by atoms with Crippen LogP contribution in [0.4, 0.5) is 0 Å². The Morgan fingerprint density at radius 2 is 2.23 bits per heavy atom. The maximum Gasteiger partial charge on any atom is 0.195 e. The van der Waals surface area contributed by atoms with Gasteiger partial charge in [0.25, 0.3) is 0 Å². The van der Waals surface area contributed by atoms with Crippen LogP contribution in [0.15, 0.2) is 6.20 Å². The van der Waals surface area contributed by atoms with E-state index >= 15 is 0 Å². The van der Waals surface area contributed by atoms with Gasteiger partial charge in [-0.25, -0.2) is 4.98 Å². The fourth-order valence-electron chi connectivity index (χ4n) is 1.95. The third-order valence-corrected chi connectivity index (χ3v) is 3.98. The predicted octanol–water partition coefficient (Wildman–Crippen LogP) is 2.93. The molecule has 1 aliphatic carbocycles. The van der Waals surface area contributed by atoms with Crippen molar-refractivity contribution >= 4 is 27.9 Å². The fourth-order valence-corrected chi connectivity index (χ4v) is 3.41. The number of halogens is 1. The quantitative estimate of drug-likeness (QED) is 0.657. The van der Waals surface area contributed by atoms with Crippen molar-refractivity contribution in [2.45, 2.75) is 25.7 Å². The molecule has 0 atom stereocenters. The molecule has 2 nitrogen and oxygen atoms in total. The highest BCUT2D eigenvalue weighted by Crippen LogP contribution is 2.31. The Kier molecular flexibility index (Phi) is 1.64. The first kappa shape index (κ1) is 7.83. The van der Waals surface area contributed by atoms with E-state index in [4.69, 9.17) is 11.6 Å². The number of nitrogens with zero attached hydrogens (tertiary/aromatic N) is 2. The SMILES string of the molecule is Clc1cnc2sc3c(n12)CCCC3. The Hall–Kier alpha value is -0.540. The second-order valence-electron chi connectivity index (χ2n) is 3.38. The van der Waals surface area contributed by atoms with Crippen LogP contribution in [-0.2, 0) is 12.8 Å². The van der Waals surface area contributed by atoms with Crippen molar-refractivity contribution in [2.24, 2.45) is 0 Å². The van der Waals surface area contributed by atoms with Gasteiger partial charge in [0.2, 0.25) is 0 Å². The van der Waals surface area contributed by atoms with Gasteiger partial charge in [-0.15, -0.1) is 11.3 Å². The summed E-state index contributed by atoms with van der Waals surface area (Å²) in [5.41, 5.74) is 1.40. The average Bonchev–Trinajstić information content (AvgIpc) is 2.66. The van der Waals surface area contributed by atoms with Crippen LogP contribution in [-0.4, -0.2) is 9.38 Å². The van der Waals surface area contributed by atoms with E-state index in [9.17, 15) is 0 Å². The van der Waals surface area contributed by atoms with Crippen LogP contribution < -0.4 is 0 Å². The van der Waals surface area contributed by atoms with Crippen molar-refractivity contribution in [1.29, 1.82) is 0 Å². The van der Waals surface area contributed by atoms with Crippen molar-refractivity contribution in [3.05, 3.63) is 21.9 Å². The largest absolute Gasteiger partial charge is 0.278 e. The molecule has 13 heavy (non-hydrogen) atoms. The first-order chi connectivity index (χ1) is 6.36. The summed E-state index contributed by atoms with van der Waals surface area (Å²) in [5.74, 6) is 0. The Labute approximate surface area is 85.2 Å². The first-order valence-corrected chi connectivity index (χ1v) is 5.69. The summed E-state index contributed by atoms with van der Waals surface area (Å²) in [6.45, 7) is 0. The van der Waals surface area contributed by atoms with E-state index in [0.29, 0.717) is 0 Å². The van der Waals surface area contributed by atoms with Gasteiger partial charge in [-0.3, -0.25) is 4.40 Å². The van der Waals surface area contributed by atoms with Gasteiger partial charge in [0.05, 0.1) is 6.20 Å². The molecule has 0 saturated carbocycles. The van der Waals surface area contributed by atoms with Gasteiger partial charge in [-0.2, -0.15) is 0 Å². The molecular weight excluding hydrogens is 204 g/mol. The van der Waals surface area contributed by atoms with Gasteiger partial charge in [0.1, 0.15) is 5.15 Å². The number of aromatic nitrogens is 2. The van der Waals surface area contributed by atoms with Crippen molar-refractivity contribution in [3.63, 3.8) is 0 Å². The Morgan fingerprint density at radius 3 is 3.15 bits per heavy atom. The molecule has 0 bridgehead atoms. The molecule has 2 aromatic rings. The first-order valence-electron chi connectivity index (χ1n) is 4.50. The van der Waals surface area contributed by atoms with E-state index < -0.39 is 0 Å². The second kappa shape index (κ2) is 2.72. The lowest BCUT2D eigenvalue weighted by atomic mass is 10.0. The summed E-state index contributed by atoms with van der Waals surface area (Å²) in [5, 5.41) is 0.759. The van der Waals surface area contributed by atoms with Crippen molar-refractivity contribution in [2.75, 3.05) is 0 Å². The number of imidazole rings is 1. The van der Waals surface area contributed by atoms with Gasteiger partial charge >= 0.3 is 0 Å². The number of thiazole rings is 1. The molecule has 0 amide bonds. The number of rotatable bonds is 0. The molecule has 68 valence electrons. The molecule has 1 aliphatic rings. The second-order valence-corrected chi connectivity index (χ2v) is 4.83. The minimum atomic E-state index is 0.759. The lowest BCUT2D eigenvalue weighted by Crippen LogP contribution is -2.02. The van der Waals surface area contributed by atoms with Gasteiger partial charge in [0.15, 0.2) is 4.96 Å². The van der Waals surface area contributed by atoms with Gasteiger partial charge in [-0.05, 0) is 25.7 Å². The highest BCUT2D eigenvalue weighted by atomic mass is 35.5. The highest BCUT2D eigenvalue weighted by Gasteiger charge is 2.17. The summed E-state index contributed by atoms with van der Waals surface area (Å²) in [7, 11) is 0. The van der Waals surface area contributed by atoms with Crippen LogP contribution in [0.25, 0.3) is 4.96 Å². The van der Waals surface area contributed by atoms with Gasteiger partial charge in [-0.1, -0.05) is 11.6 Å². The van der Waals surface area contributed by atoms with Crippen molar-refractivity contribution in [1.82, 2.24) is 9.38 Å². The molecule has 0 aromatic carbocycles. The lowest BCUT2D eigenvalue weighted by Gasteiger charge is -2.10. The maximum absolute atomic E-state index is 6.06. The lowest BCUT2D eigenvalue weighted by molar-refractivity contribution is 0.675. The van der Waals surface area contributed by atoms with Crippen LogP contribution in [0, 0.1) is 0 Å². The Balaban J connectivity index is 2.36. The normalized spacial score (nSPS) is 16.4. The van der Waals surface area contributed by atoms with Crippen LogP contribution >= 0.6 is 22.9 Å². The molecule has 4 heteroatoms. The topological polar surface area (TPSA) is 17.3 Å². The summed E-state index contributed by atoms with van der Waals surface area (Å²) in [4.78, 5) is 6.81. The molecule has 0 aliphatic heterocycles. The zero-order chi connectivity index (χ0) is 8.84. The molecule has 2 heterocycles. The van der Waals surface area contributed by atoms with E-state index in [1.165, 1.54) is 29.8 Å². The zero-order valence-corrected chi connectivity index (χ0v) is 8.66. The zero-order valence-electron chi connectivity index (χ0n) is 7.09. The van der Waals surface area contributed by atoms with Crippen molar-refractivity contribution < 1.29 is 0 Å². The van der Waals surface area contributed by atoms with Crippen molar-refractivity contribution in [3.8, 4) is 0 Å². The number of hydrogen-bond donors (Lipinski definition) is 0. The molecule has 0 unspecified atom stereocenters. The molecule has 2 aromatic heterocycles. The smallest absolute Gasteiger partial charge is 0.195 e. The predicted molar refractivity (Wildman–Crippen MR) is 54.7 cm³/mol. The molecule has 0 N–H and O–H groups in total. The number of aryl methyl sites for hydroxylation is 2. The maximum atomic E-state index is 6.06. The summed E-state index contributed by atoms with van der Waals surface area (Å²) in [6, 6.07) is 0. The van der Waals surface area contributed by atoms with Gasteiger partial charge in [0, 0.05) is 10.6 Å². The van der Waals surface area contributed by atoms with Gasteiger partial charge < -0.3 is 0 Å². The highest BCUT2D eigenvalue weighted by molar-refractivity contribution is 7.17. The van der Waals surface area contributed by atoms with Crippen LogP contribution in [0.5, 0.6) is 0 Å². The summed E-state index contributed by atoms with van der Waals surface area (Å²) < 4.78 is 2.10.